The molecular weight excluding hydrogens is 433 g/mol. The number of halogens is 3. The van der Waals surface area contributed by atoms with Gasteiger partial charge in [0.25, 0.3) is 15.5 Å². The van der Waals surface area contributed by atoms with Gasteiger partial charge in [0.05, 0.1) is 14.7 Å². The lowest BCUT2D eigenvalue weighted by molar-refractivity contribution is -0.388. The molecule has 1 heterocycles. The number of hydrogen-bond donors (Lipinski definition) is 1. The van der Waals surface area contributed by atoms with Crippen LogP contribution in [0.1, 0.15) is 37.9 Å². The zero-order chi connectivity index (χ0) is 21.2. The average molecular weight is 450 g/mol. The van der Waals surface area contributed by atoms with Crippen LogP contribution in [-0.4, -0.2) is 34.0 Å². The van der Waals surface area contributed by atoms with Crippen LogP contribution in [-0.2, 0) is 16.3 Å². The Hall–Kier alpha value is -2.15. The van der Waals surface area contributed by atoms with E-state index in [2.05, 4.69) is 15.2 Å². The van der Waals surface area contributed by atoms with Crippen molar-refractivity contribution in [2.75, 3.05) is 0 Å². The van der Waals surface area contributed by atoms with E-state index in [4.69, 9.17) is 0 Å². The van der Waals surface area contributed by atoms with Crippen molar-refractivity contribution in [3.8, 4) is 0 Å². The minimum atomic E-state index is -5.68. The van der Waals surface area contributed by atoms with Gasteiger partial charge in [-0.3, -0.25) is 15.2 Å². The Balaban J connectivity index is 1.78. The lowest BCUT2D eigenvalue weighted by Gasteiger charge is -2.08. The summed E-state index contributed by atoms with van der Waals surface area (Å²) in [6.45, 7) is 0. The van der Waals surface area contributed by atoms with Crippen LogP contribution in [0.3, 0.4) is 0 Å². The van der Waals surface area contributed by atoms with Crippen LogP contribution in [0.25, 0.3) is 0 Å². The van der Waals surface area contributed by atoms with Crippen molar-refractivity contribution in [3.05, 3.63) is 34.1 Å². The highest BCUT2D eigenvalue weighted by Crippen LogP contribution is 2.38. The van der Waals surface area contributed by atoms with Crippen LogP contribution >= 0.6 is 11.8 Å². The largest absolute Gasteiger partial charge is 0.501 e. The van der Waals surface area contributed by atoms with Crippen LogP contribution in [0.2, 0.25) is 0 Å². The van der Waals surface area contributed by atoms with Gasteiger partial charge >= 0.3 is 5.51 Å². The molecule has 1 aliphatic carbocycles. The van der Waals surface area contributed by atoms with E-state index >= 15 is 0 Å². The summed E-state index contributed by atoms with van der Waals surface area (Å²) in [5.41, 5.74) is -6.31. The van der Waals surface area contributed by atoms with Crippen LogP contribution in [0.5, 0.6) is 0 Å². The van der Waals surface area contributed by atoms with Crippen molar-refractivity contribution in [3.63, 3.8) is 0 Å². The van der Waals surface area contributed by atoms with Crippen molar-refractivity contribution in [1.82, 2.24) is 15.2 Å². The highest BCUT2D eigenvalue weighted by Gasteiger charge is 2.47. The number of rotatable bonds is 7. The van der Waals surface area contributed by atoms with Gasteiger partial charge in [0.15, 0.2) is 0 Å². The SMILES string of the molecule is O=[N+]([O-])c1cc(S(=O)(=O)C(F)(F)F)ccc1Sc1n[nH]c(CCC2CCCC2)n1. The number of nitro benzene ring substituents is 1. The first kappa shape index (κ1) is 21.6. The third kappa shape index (κ3) is 4.89. The van der Waals surface area contributed by atoms with Gasteiger partial charge in [-0.05, 0) is 36.2 Å². The first-order valence-electron chi connectivity index (χ1n) is 8.77. The average Bonchev–Trinajstić information content (AvgIpc) is 3.30. The molecule has 0 amide bonds. The van der Waals surface area contributed by atoms with E-state index in [-0.39, 0.29) is 10.1 Å². The molecule has 29 heavy (non-hydrogen) atoms. The molecule has 0 bridgehead atoms. The fourth-order valence-electron chi connectivity index (χ4n) is 3.20. The molecule has 1 fully saturated rings. The summed E-state index contributed by atoms with van der Waals surface area (Å²) in [5.74, 6) is 1.28. The lowest BCUT2D eigenvalue weighted by atomic mass is 10.0. The Labute approximate surface area is 168 Å². The van der Waals surface area contributed by atoms with Crippen molar-refractivity contribution in [1.29, 1.82) is 0 Å². The minimum absolute atomic E-state index is 0.0579. The molecule has 0 saturated heterocycles. The molecule has 1 aromatic heterocycles. The van der Waals surface area contributed by atoms with Crippen molar-refractivity contribution < 1.29 is 26.5 Å². The van der Waals surface area contributed by atoms with Crippen molar-refractivity contribution in [2.24, 2.45) is 5.92 Å². The zero-order valence-corrected chi connectivity index (χ0v) is 16.6. The van der Waals surface area contributed by atoms with E-state index in [0.29, 0.717) is 30.3 Å². The summed E-state index contributed by atoms with van der Waals surface area (Å²) in [4.78, 5) is 13.3. The Morgan fingerprint density at radius 1 is 1.28 bits per heavy atom. The number of aryl methyl sites for hydroxylation is 1. The Kier molecular flexibility index (Phi) is 6.17. The van der Waals surface area contributed by atoms with Gasteiger partial charge in [0.1, 0.15) is 5.82 Å². The molecule has 1 aromatic carbocycles. The molecule has 1 N–H and O–H groups in total. The third-order valence-corrected chi connectivity index (χ3v) is 7.13. The van der Waals surface area contributed by atoms with Crippen molar-refractivity contribution in [2.45, 2.75) is 59.0 Å². The van der Waals surface area contributed by atoms with E-state index in [1.807, 2.05) is 0 Å². The quantitative estimate of drug-likeness (QED) is 0.494. The number of aromatic nitrogens is 3. The van der Waals surface area contributed by atoms with Crippen LogP contribution in [0, 0.1) is 16.0 Å². The van der Waals surface area contributed by atoms with Gasteiger partial charge in [0, 0.05) is 12.5 Å². The number of benzene rings is 1. The lowest BCUT2D eigenvalue weighted by Crippen LogP contribution is -2.23. The van der Waals surface area contributed by atoms with Crippen LogP contribution in [0.15, 0.2) is 33.1 Å². The molecule has 1 aliphatic rings. The highest BCUT2D eigenvalue weighted by atomic mass is 32.2. The summed E-state index contributed by atoms with van der Waals surface area (Å²) in [6, 6.07) is 2.04. The molecule has 0 atom stereocenters. The molecule has 158 valence electrons. The Morgan fingerprint density at radius 3 is 2.59 bits per heavy atom. The molecule has 0 spiro atoms. The van der Waals surface area contributed by atoms with Crippen LogP contribution in [0.4, 0.5) is 18.9 Å². The fourth-order valence-corrected chi connectivity index (χ4v) is 4.80. The first-order chi connectivity index (χ1) is 13.6. The van der Waals surface area contributed by atoms with Gasteiger partial charge < -0.3 is 0 Å². The number of aromatic amines is 1. The number of hydrogen-bond acceptors (Lipinski definition) is 7. The van der Waals surface area contributed by atoms with Gasteiger partial charge in [-0.25, -0.2) is 13.4 Å². The van der Waals surface area contributed by atoms with Crippen LogP contribution < -0.4 is 0 Å². The van der Waals surface area contributed by atoms with E-state index in [1.54, 1.807) is 0 Å². The number of nitrogens with one attached hydrogen (secondary N) is 1. The van der Waals surface area contributed by atoms with E-state index in [1.165, 1.54) is 25.7 Å². The first-order valence-corrected chi connectivity index (χ1v) is 11.1. The molecule has 1 saturated carbocycles. The summed E-state index contributed by atoms with van der Waals surface area (Å²) in [7, 11) is -5.68. The number of nitro groups is 1. The number of sulfone groups is 1. The maximum Gasteiger partial charge on any atom is 0.501 e. The summed E-state index contributed by atoms with van der Waals surface area (Å²) >= 11 is 0.777. The molecular formula is C16H17F3N4O4S2. The Morgan fingerprint density at radius 2 is 1.97 bits per heavy atom. The highest BCUT2D eigenvalue weighted by molar-refractivity contribution is 7.99. The maximum absolute atomic E-state index is 12.7. The Bertz CT molecular complexity index is 1000. The molecule has 13 heteroatoms. The molecule has 0 aliphatic heterocycles. The van der Waals surface area contributed by atoms with Crippen molar-refractivity contribution >= 4 is 27.3 Å². The normalized spacial score (nSPS) is 15.7. The summed E-state index contributed by atoms with van der Waals surface area (Å²) in [6.07, 6.45) is 6.48. The van der Waals surface area contributed by atoms with Gasteiger partial charge in [-0.2, -0.15) is 13.2 Å². The predicted octanol–water partition coefficient (Wildman–Crippen LogP) is 4.28. The van der Waals surface area contributed by atoms with E-state index in [0.717, 1.165) is 24.2 Å². The van der Waals surface area contributed by atoms with Gasteiger partial charge in [-0.15, -0.1) is 5.10 Å². The topological polar surface area (TPSA) is 119 Å². The smallest absolute Gasteiger partial charge is 0.262 e. The maximum atomic E-state index is 12.7. The summed E-state index contributed by atoms with van der Waals surface area (Å²) < 4.78 is 61.1. The molecule has 0 radical (unpaired) electrons. The number of nitrogens with zero attached hydrogens (tertiary/aromatic N) is 3. The van der Waals surface area contributed by atoms with Gasteiger partial charge in [-0.1, -0.05) is 25.7 Å². The second-order valence-electron chi connectivity index (χ2n) is 6.69. The second-order valence-corrected chi connectivity index (χ2v) is 9.64. The number of H-pyrrole nitrogens is 1. The second kappa shape index (κ2) is 8.30. The zero-order valence-electron chi connectivity index (χ0n) is 15.0. The molecule has 3 rings (SSSR count). The molecule has 2 aromatic rings. The summed E-state index contributed by atoms with van der Waals surface area (Å²) in [5, 5.41) is 18.2. The van der Waals surface area contributed by atoms with E-state index in [9.17, 15) is 31.7 Å². The molecule has 0 unspecified atom stereocenters. The standard InChI is InChI=1S/C16H17F3N4O4S2/c17-16(18,19)29(26,27)11-6-7-13(12(9-11)23(24)25)28-15-20-14(21-22-15)8-5-10-3-1-2-4-10/h6-7,9-10H,1-5,8H2,(H,20,21,22). The van der Waals surface area contributed by atoms with Gasteiger partial charge in [0.2, 0.25) is 5.16 Å². The monoisotopic (exact) mass is 450 g/mol. The third-order valence-electron chi connectivity index (χ3n) is 4.72. The number of alkyl halides is 3. The molecule has 8 nitrogen and oxygen atoms in total. The predicted molar refractivity (Wildman–Crippen MR) is 97.1 cm³/mol. The fraction of sp³-hybridized carbons (Fsp3) is 0.500. The van der Waals surface area contributed by atoms with E-state index < -0.39 is 30.9 Å². The minimum Gasteiger partial charge on any atom is -0.262 e.